The summed E-state index contributed by atoms with van der Waals surface area (Å²) in [6, 6.07) is 3.30. The second-order valence-corrected chi connectivity index (χ2v) is 9.93. The van der Waals surface area contributed by atoms with Crippen LogP contribution in [0.25, 0.3) is 0 Å². The van der Waals surface area contributed by atoms with Gasteiger partial charge in [0.1, 0.15) is 0 Å². The molecule has 0 aliphatic heterocycles. The van der Waals surface area contributed by atoms with Crippen molar-refractivity contribution in [1.82, 2.24) is 10.6 Å². The van der Waals surface area contributed by atoms with Gasteiger partial charge in [-0.3, -0.25) is 4.79 Å². The van der Waals surface area contributed by atoms with Crippen LogP contribution in [0, 0.1) is 5.92 Å². The molecule has 1 aromatic rings. The molecule has 1 rings (SSSR count). The van der Waals surface area contributed by atoms with E-state index < -0.39 is 0 Å². The van der Waals surface area contributed by atoms with E-state index in [1.807, 2.05) is 0 Å². The molecule has 1 aromatic heterocycles. The van der Waals surface area contributed by atoms with E-state index in [1.54, 1.807) is 12.1 Å². The van der Waals surface area contributed by atoms with Gasteiger partial charge in [0, 0.05) is 12.2 Å². The van der Waals surface area contributed by atoms with Gasteiger partial charge in [0.25, 0.3) is 5.91 Å². The Morgan fingerprint density at radius 2 is 1.33 bits per heavy atom. The summed E-state index contributed by atoms with van der Waals surface area (Å²) < 4.78 is 5.19. The third-order valence-corrected chi connectivity index (χ3v) is 6.46. The minimum absolute atomic E-state index is 0.108. The predicted octanol–water partition coefficient (Wildman–Crippen LogP) is 8.40. The predicted molar refractivity (Wildman–Crippen MR) is 141 cm³/mol. The molecule has 0 radical (unpaired) electrons. The Morgan fingerprint density at radius 1 is 0.848 bits per heavy atom. The van der Waals surface area contributed by atoms with E-state index >= 15 is 0 Å². The lowest BCUT2D eigenvalue weighted by Crippen LogP contribution is -2.43. The third-order valence-electron chi connectivity index (χ3n) is 6.46. The van der Waals surface area contributed by atoms with Crippen LogP contribution >= 0.6 is 0 Å². The van der Waals surface area contributed by atoms with Crippen molar-refractivity contribution < 1.29 is 9.21 Å². The largest absolute Gasteiger partial charge is 0.459 e. The lowest BCUT2D eigenvalue weighted by molar-refractivity contribution is 0.0904. The van der Waals surface area contributed by atoms with E-state index in [9.17, 15) is 4.79 Å². The average Bonchev–Trinajstić information content (AvgIpc) is 3.34. The van der Waals surface area contributed by atoms with Crippen molar-refractivity contribution in [1.29, 1.82) is 0 Å². The van der Waals surface area contributed by atoms with Crippen LogP contribution in [0.5, 0.6) is 0 Å². The highest BCUT2D eigenvalue weighted by atomic mass is 16.3. The van der Waals surface area contributed by atoms with Crippen molar-refractivity contribution in [3.8, 4) is 0 Å². The number of rotatable bonds is 22. The highest BCUT2D eigenvalue weighted by Gasteiger charge is 2.21. The molecule has 0 fully saturated rings. The third kappa shape index (κ3) is 14.9. The molecule has 0 unspecified atom stereocenters. The molecule has 2 N–H and O–H groups in total. The molecular weight excluding hydrogens is 408 g/mol. The summed E-state index contributed by atoms with van der Waals surface area (Å²) in [4.78, 5) is 12.3. The van der Waals surface area contributed by atoms with E-state index in [1.165, 1.54) is 103 Å². The monoisotopic (exact) mass is 460 g/mol. The molecule has 1 heterocycles. The van der Waals surface area contributed by atoms with Crippen molar-refractivity contribution in [2.45, 2.75) is 130 Å². The van der Waals surface area contributed by atoms with Gasteiger partial charge in [-0.2, -0.15) is 0 Å². The van der Waals surface area contributed by atoms with Gasteiger partial charge in [-0.05, 0) is 24.5 Å². The second-order valence-electron chi connectivity index (χ2n) is 9.93. The van der Waals surface area contributed by atoms with E-state index in [4.69, 9.17) is 4.42 Å². The molecule has 0 aliphatic rings. The molecule has 190 valence electrons. The van der Waals surface area contributed by atoms with Crippen LogP contribution in [0.15, 0.2) is 35.1 Å². The van der Waals surface area contributed by atoms with E-state index in [-0.39, 0.29) is 17.9 Å². The van der Waals surface area contributed by atoms with Crippen LogP contribution in [0.2, 0.25) is 0 Å². The SMILES string of the molecule is C=C(NCCCCCCCCCCCCCCCCCC)[C@@H](NC(=O)c1ccco1)C(C)C. The van der Waals surface area contributed by atoms with Gasteiger partial charge in [-0.25, -0.2) is 0 Å². The topological polar surface area (TPSA) is 54.3 Å². The van der Waals surface area contributed by atoms with Crippen LogP contribution in [0.4, 0.5) is 0 Å². The highest BCUT2D eigenvalue weighted by molar-refractivity contribution is 5.91. The number of hydrogen-bond donors (Lipinski definition) is 2. The molecule has 0 aliphatic carbocycles. The van der Waals surface area contributed by atoms with Crippen LogP contribution < -0.4 is 10.6 Å². The molecule has 0 spiro atoms. The Morgan fingerprint density at radius 3 is 1.76 bits per heavy atom. The highest BCUT2D eigenvalue weighted by Crippen LogP contribution is 2.14. The maximum absolute atomic E-state index is 12.3. The minimum atomic E-state index is -0.191. The lowest BCUT2D eigenvalue weighted by Gasteiger charge is -2.25. The van der Waals surface area contributed by atoms with Gasteiger partial charge in [0.15, 0.2) is 5.76 Å². The zero-order valence-electron chi connectivity index (χ0n) is 21.9. The van der Waals surface area contributed by atoms with Gasteiger partial charge in [-0.15, -0.1) is 0 Å². The van der Waals surface area contributed by atoms with E-state index in [0.717, 1.165) is 18.7 Å². The smallest absolute Gasteiger partial charge is 0.287 e. The molecule has 1 amide bonds. The molecule has 4 nitrogen and oxygen atoms in total. The molecule has 0 saturated heterocycles. The Balaban J connectivity index is 1.94. The quantitative estimate of drug-likeness (QED) is 0.171. The number of nitrogens with one attached hydrogen (secondary N) is 2. The molecule has 33 heavy (non-hydrogen) atoms. The molecule has 4 heteroatoms. The van der Waals surface area contributed by atoms with Crippen molar-refractivity contribution >= 4 is 5.91 Å². The molecule has 0 aromatic carbocycles. The first kappa shape index (κ1) is 29.3. The Labute approximate surface area is 204 Å². The van der Waals surface area contributed by atoms with Gasteiger partial charge in [-0.1, -0.05) is 124 Å². The van der Waals surface area contributed by atoms with E-state index in [0.29, 0.717) is 5.76 Å². The zero-order valence-corrected chi connectivity index (χ0v) is 21.9. The molecular formula is C29H52N2O2. The maximum atomic E-state index is 12.3. The maximum Gasteiger partial charge on any atom is 0.287 e. The Bertz CT molecular complexity index is 595. The average molecular weight is 461 g/mol. The number of carbonyl (C=O) groups excluding carboxylic acids is 1. The number of hydrogen-bond acceptors (Lipinski definition) is 3. The van der Waals surface area contributed by atoms with Crippen LogP contribution in [-0.2, 0) is 0 Å². The van der Waals surface area contributed by atoms with Gasteiger partial charge < -0.3 is 15.1 Å². The minimum Gasteiger partial charge on any atom is -0.459 e. The summed E-state index contributed by atoms with van der Waals surface area (Å²) in [7, 11) is 0. The standard InChI is InChI=1S/C29H52N2O2/c1-5-6-7-8-9-10-11-12-13-14-15-16-17-18-19-20-23-30-26(4)28(25(2)3)31-29(32)27-22-21-24-33-27/h21-22,24-25,28,30H,4-20,23H2,1-3H3,(H,31,32)/t28-/m0/s1. The summed E-state index contributed by atoms with van der Waals surface area (Å²) in [5.74, 6) is 0.407. The molecule has 0 bridgehead atoms. The summed E-state index contributed by atoms with van der Waals surface area (Å²) in [5, 5.41) is 6.46. The fourth-order valence-electron chi connectivity index (χ4n) is 4.31. The first-order chi connectivity index (χ1) is 16.1. The van der Waals surface area contributed by atoms with Gasteiger partial charge in [0.2, 0.25) is 0 Å². The van der Waals surface area contributed by atoms with Crippen molar-refractivity contribution in [2.75, 3.05) is 6.54 Å². The van der Waals surface area contributed by atoms with Crippen molar-refractivity contribution in [3.63, 3.8) is 0 Å². The first-order valence-corrected chi connectivity index (χ1v) is 13.8. The summed E-state index contributed by atoms with van der Waals surface area (Å²) >= 11 is 0. The normalized spacial score (nSPS) is 12.1. The Kier molecular flexibility index (Phi) is 17.5. The number of carbonyl (C=O) groups is 1. The molecule has 1 atom stereocenters. The fraction of sp³-hybridized carbons (Fsp3) is 0.759. The zero-order chi connectivity index (χ0) is 24.2. The van der Waals surface area contributed by atoms with Crippen molar-refractivity contribution in [3.05, 3.63) is 36.4 Å². The van der Waals surface area contributed by atoms with Gasteiger partial charge in [0.05, 0.1) is 12.3 Å². The van der Waals surface area contributed by atoms with Crippen LogP contribution in [0.3, 0.4) is 0 Å². The number of amides is 1. The fourth-order valence-corrected chi connectivity index (χ4v) is 4.31. The number of furan rings is 1. The number of unbranched alkanes of at least 4 members (excludes halogenated alkanes) is 15. The summed E-state index contributed by atoms with van der Waals surface area (Å²) in [6.07, 6.45) is 23.6. The summed E-state index contributed by atoms with van der Waals surface area (Å²) in [6.45, 7) is 11.5. The first-order valence-electron chi connectivity index (χ1n) is 13.8. The van der Waals surface area contributed by atoms with E-state index in [2.05, 4.69) is 38.0 Å². The van der Waals surface area contributed by atoms with Crippen LogP contribution in [0.1, 0.15) is 134 Å². The Hall–Kier alpha value is -1.71. The van der Waals surface area contributed by atoms with Crippen LogP contribution in [-0.4, -0.2) is 18.5 Å². The second kappa shape index (κ2) is 19.7. The molecule has 0 saturated carbocycles. The van der Waals surface area contributed by atoms with Gasteiger partial charge >= 0.3 is 0 Å². The van der Waals surface area contributed by atoms with Crippen molar-refractivity contribution in [2.24, 2.45) is 5.92 Å². The summed E-state index contributed by atoms with van der Waals surface area (Å²) in [5.41, 5.74) is 0.880. The lowest BCUT2D eigenvalue weighted by atomic mass is 10.0.